The number of hydrogen-bond donors (Lipinski definition) is 1. The number of hydrogen-bond acceptors (Lipinski definition) is 6. The molecule has 9 heteroatoms. The van der Waals surface area contributed by atoms with Gasteiger partial charge in [-0.05, 0) is 29.8 Å². The molecule has 0 radical (unpaired) electrons. The fraction of sp³-hybridized carbons (Fsp3) is 0.222. The summed E-state index contributed by atoms with van der Waals surface area (Å²) in [7, 11) is 0. The van der Waals surface area contributed by atoms with Crippen molar-refractivity contribution in [2.24, 2.45) is 0 Å². The molecule has 0 aliphatic carbocycles. The Labute approximate surface area is 160 Å². The van der Waals surface area contributed by atoms with Gasteiger partial charge in [-0.2, -0.15) is 5.10 Å². The van der Waals surface area contributed by atoms with Gasteiger partial charge >= 0.3 is 0 Å². The number of nitro benzene ring substituents is 1. The van der Waals surface area contributed by atoms with Crippen molar-refractivity contribution >= 4 is 17.3 Å². The number of rotatable bonds is 8. The van der Waals surface area contributed by atoms with Crippen LogP contribution in [-0.2, 0) is 17.9 Å². The largest absolute Gasteiger partial charge is 0.389 e. The van der Waals surface area contributed by atoms with Gasteiger partial charge < -0.3 is 9.84 Å². The van der Waals surface area contributed by atoms with Gasteiger partial charge in [-0.25, -0.2) is 9.67 Å². The topological polar surface area (TPSA) is 103 Å². The van der Waals surface area contributed by atoms with E-state index in [4.69, 9.17) is 16.3 Å². The Morgan fingerprint density at radius 2 is 1.89 bits per heavy atom. The minimum atomic E-state index is -0.747. The molecule has 1 atom stereocenters. The van der Waals surface area contributed by atoms with Crippen molar-refractivity contribution in [1.29, 1.82) is 0 Å². The lowest BCUT2D eigenvalue weighted by Gasteiger charge is -2.11. The first kappa shape index (κ1) is 19.0. The zero-order valence-electron chi connectivity index (χ0n) is 14.2. The molecule has 2 aromatic carbocycles. The van der Waals surface area contributed by atoms with Crippen LogP contribution in [0.3, 0.4) is 0 Å². The number of benzene rings is 2. The molecule has 0 fully saturated rings. The highest BCUT2D eigenvalue weighted by molar-refractivity contribution is 6.30. The van der Waals surface area contributed by atoms with Crippen molar-refractivity contribution in [3.63, 3.8) is 0 Å². The minimum absolute atomic E-state index is 0.00596. The van der Waals surface area contributed by atoms with Crippen LogP contribution in [0.1, 0.15) is 5.56 Å². The van der Waals surface area contributed by atoms with Crippen LogP contribution in [0.2, 0.25) is 5.02 Å². The summed E-state index contributed by atoms with van der Waals surface area (Å²) in [5.41, 5.74) is 1.63. The molecule has 0 bridgehead atoms. The Morgan fingerprint density at radius 3 is 2.56 bits per heavy atom. The summed E-state index contributed by atoms with van der Waals surface area (Å²) in [5.74, 6) is 0.430. The first-order valence-corrected chi connectivity index (χ1v) is 8.53. The molecule has 0 saturated carbocycles. The summed E-state index contributed by atoms with van der Waals surface area (Å²) in [6, 6.07) is 13.3. The van der Waals surface area contributed by atoms with E-state index in [0.717, 1.165) is 5.56 Å². The van der Waals surface area contributed by atoms with Crippen LogP contribution in [0.25, 0.3) is 11.4 Å². The van der Waals surface area contributed by atoms with E-state index in [0.29, 0.717) is 23.0 Å². The molecule has 3 aromatic rings. The SMILES string of the molecule is O=[N+]([O-])c1ccc(-c2ncn(C[C@H](O)COCc3ccc(Cl)cc3)n2)cc1. The van der Waals surface area contributed by atoms with Crippen molar-refractivity contribution in [3.05, 3.63) is 75.6 Å². The van der Waals surface area contributed by atoms with Gasteiger partial charge in [0, 0.05) is 22.7 Å². The second-order valence-corrected chi connectivity index (χ2v) is 6.33. The fourth-order valence-corrected chi connectivity index (χ4v) is 2.54. The van der Waals surface area contributed by atoms with Crippen LogP contribution in [-0.4, -0.2) is 37.5 Å². The van der Waals surface area contributed by atoms with Crippen LogP contribution in [0.4, 0.5) is 5.69 Å². The van der Waals surface area contributed by atoms with E-state index in [1.54, 1.807) is 24.3 Å². The number of nitro groups is 1. The third kappa shape index (κ3) is 5.33. The molecule has 0 amide bonds. The van der Waals surface area contributed by atoms with Crippen LogP contribution < -0.4 is 0 Å². The Bertz CT molecular complexity index is 896. The van der Waals surface area contributed by atoms with Crippen molar-refractivity contribution in [2.45, 2.75) is 19.3 Å². The number of aliphatic hydroxyl groups excluding tert-OH is 1. The lowest BCUT2D eigenvalue weighted by atomic mass is 10.2. The van der Waals surface area contributed by atoms with Crippen molar-refractivity contribution in [3.8, 4) is 11.4 Å². The Hall–Kier alpha value is -2.81. The zero-order chi connectivity index (χ0) is 19.2. The number of halogens is 1. The zero-order valence-corrected chi connectivity index (χ0v) is 15.0. The first-order chi connectivity index (χ1) is 13.0. The number of aromatic nitrogens is 3. The van der Waals surface area contributed by atoms with Gasteiger partial charge in [0.25, 0.3) is 5.69 Å². The smallest absolute Gasteiger partial charge is 0.269 e. The predicted octanol–water partition coefficient (Wildman–Crippen LogP) is 3.08. The lowest BCUT2D eigenvalue weighted by molar-refractivity contribution is -0.384. The summed E-state index contributed by atoms with van der Waals surface area (Å²) >= 11 is 5.83. The summed E-state index contributed by atoms with van der Waals surface area (Å²) in [5, 5.41) is 25.7. The van der Waals surface area contributed by atoms with E-state index in [2.05, 4.69) is 10.1 Å². The van der Waals surface area contributed by atoms with Crippen LogP contribution in [0.5, 0.6) is 0 Å². The quantitative estimate of drug-likeness (QED) is 0.469. The van der Waals surface area contributed by atoms with E-state index in [1.165, 1.54) is 23.1 Å². The van der Waals surface area contributed by atoms with Gasteiger partial charge in [0.1, 0.15) is 6.33 Å². The Kier molecular flexibility index (Phi) is 6.12. The maximum atomic E-state index is 10.7. The first-order valence-electron chi connectivity index (χ1n) is 8.16. The molecule has 140 valence electrons. The van der Waals surface area contributed by atoms with Crippen LogP contribution in [0, 0.1) is 10.1 Å². The molecule has 1 N–H and O–H groups in total. The second kappa shape index (κ2) is 8.72. The molecular weight excluding hydrogens is 372 g/mol. The van der Waals surface area contributed by atoms with E-state index < -0.39 is 11.0 Å². The summed E-state index contributed by atoms with van der Waals surface area (Å²) in [4.78, 5) is 14.4. The highest BCUT2D eigenvalue weighted by atomic mass is 35.5. The maximum absolute atomic E-state index is 10.7. The van der Waals surface area contributed by atoms with Gasteiger partial charge in [-0.1, -0.05) is 23.7 Å². The molecule has 0 saturated heterocycles. The normalized spacial score (nSPS) is 12.1. The highest BCUT2D eigenvalue weighted by Crippen LogP contribution is 2.19. The maximum Gasteiger partial charge on any atom is 0.269 e. The van der Waals surface area contributed by atoms with E-state index in [9.17, 15) is 15.2 Å². The summed E-state index contributed by atoms with van der Waals surface area (Å²) in [6.07, 6.45) is 0.753. The standard InChI is InChI=1S/C18H17ClN4O4/c19-15-5-1-13(2-6-15)10-27-11-17(24)9-22-12-20-18(21-22)14-3-7-16(8-4-14)23(25)26/h1-8,12,17,24H,9-11H2/t17-/m0/s1. The van der Waals surface area contributed by atoms with Crippen LogP contribution >= 0.6 is 11.6 Å². The van der Waals surface area contributed by atoms with Gasteiger partial charge in [0.2, 0.25) is 0 Å². The van der Waals surface area contributed by atoms with Gasteiger partial charge in [0.15, 0.2) is 5.82 Å². The predicted molar refractivity (Wildman–Crippen MR) is 99.2 cm³/mol. The average molecular weight is 389 g/mol. The molecule has 3 rings (SSSR count). The van der Waals surface area contributed by atoms with Gasteiger partial charge in [-0.15, -0.1) is 0 Å². The molecule has 1 aromatic heterocycles. The monoisotopic (exact) mass is 388 g/mol. The number of aliphatic hydroxyl groups is 1. The third-order valence-electron chi connectivity index (χ3n) is 3.76. The van der Waals surface area contributed by atoms with Crippen LogP contribution in [0.15, 0.2) is 54.9 Å². The molecule has 0 aliphatic rings. The van der Waals surface area contributed by atoms with Crippen molar-refractivity contribution in [1.82, 2.24) is 14.8 Å². The number of non-ortho nitro benzene ring substituents is 1. The van der Waals surface area contributed by atoms with E-state index >= 15 is 0 Å². The summed E-state index contributed by atoms with van der Waals surface area (Å²) in [6.45, 7) is 0.746. The Morgan fingerprint density at radius 1 is 1.19 bits per heavy atom. The molecule has 0 aliphatic heterocycles. The number of ether oxygens (including phenoxy) is 1. The fourth-order valence-electron chi connectivity index (χ4n) is 2.41. The molecular formula is C18H17ClN4O4. The molecule has 0 unspecified atom stereocenters. The molecule has 27 heavy (non-hydrogen) atoms. The van der Waals surface area contributed by atoms with E-state index in [1.807, 2.05) is 12.1 Å². The third-order valence-corrected chi connectivity index (χ3v) is 4.01. The molecule has 0 spiro atoms. The van der Waals surface area contributed by atoms with Gasteiger partial charge in [0.05, 0.1) is 30.8 Å². The second-order valence-electron chi connectivity index (χ2n) is 5.89. The Balaban J connectivity index is 1.50. The average Bonchev–Trinajstić information content (AvgIpc) is 3.12. The minimum Gasteiger partial charge on any atom is -0.389 e. The molecule has 1 heterocycles. The van der Waals surface area contributed by atoms with Crippen molar-refractivity contribution < 1.29 is 14.8 Å². The van der Waals surface area contributed by atoms with E-state index in [-0.39, 0.29) is 18.8 Å². The number of nitrogens with zero attached hydrogens (tertiary/aromatic N) is 4. The summed E-state index contributed by atoms with van der Waals surface area (Å²) < 4.78 is 7.01. The lowest BCUT2D eigenvalue weighted by Crippen LogP contribution is -2.22. The van der Waals surface area contributed by atoms with Crippen molar-refractivity contribution in [2.75, 3.05) is 6.61 Å². The highest BCUT2D eigenvalue weighted by Gasteiger charge is 2.11. The van der Waals surface area contributed by atoms with Gasteiger partial charge in [-0.3, -0.25) is 10.1 Å². The molecule has 8 nitrogen and oxygen atoms in total.